The van der Waals surface area contributed by atoms with Crippen LogP contribution in [0.15, 0.2) is 58.0 Å². The van der Waals surface area contributed by atoms with Crippen molar-refractivity contribution < 1.29 is 4.79 Å². The summed E-state index contributed by atoms with van der Waals surface area (Å²) in [5, 5.41) is 14.2. The summed E-state index contributed by atoms with van der Waals surface area (Å²) in [6.45, 7) is 1.63. The lowest BCUT2D eigenvalue weighted by molar-refractivity contribution is -0.113. The summed E-state index contributed by atoms with van der Waals surface area (Å²) in [6, 6.07) is 17.3. The zero-order valence-electron chi connectivity index (χ0n) is 17.4. The molecule has 0 atom stereocenters. The Bertz CT molecular complexity index is 1190. The van der Waals surface area contributed by atoms with E-state index in [1.807, 2.05) is 48.5 Å². The van der Waals surface area contributed by atoms with Gasteiger partial charge in [-0.3, -0.25) is 4.79 Å². The molecule has 1 aliphatic rings. The van der Waals surface area contributed by atoms with Crippen LogP contribution in [0.1, 0.15) is 16.8 Å². The molecule has 0 radical (unpaired) electrons. The van der Waals surface area contributed by atoms with Crippen molar-refractivity contribution in [1.29, 1.82) is 5.26 Å². The third-order valence-electron chi connectivity index (χ3n) is 5.22. The van der Waals surface area contributed by atoms with E-state index in [4.69, 9.17) is 16.6 Å². The summed E-state index contributed by atoms with van der Waals surface area (Å²) in [5.74, 6) is 0.0183. The van der Waals surface area contributed by atoms with Crippen molar-refractivity contribution in [3.8, 4) is 17.2 Å². The molecule has 1 N–H and O–H groups in total. The predicted molar refractivity (Wildman–Crippen MR) is 133 cm³/mol. The fraction of sp³-hybridized carbons (Fsp3) is 0.208. The van der Waals surface area contributed by atoms with E-state index in [-0.39, 0.29) is 11.7 Å². The highest BCUT2D eigenvalue weighted by atomic mass is 79.9. The molecule has 32 heavy (non-hydrogen) atoms. The molecule has 0 fully saturated rings. The minimum Gasteiger partial charge on any atom is -0.325 e. The minimum absolute atomic E-state index is 0.145. The molecule has 2 heterocycles. The van der Waals surface area contributed by atoms with Crippen LogP contribution in [-0.2, 0) is 17.8 Å². The fourth-order valence-electron chi connectivity index (χ4n) is 3.68. The Labute approximate surface area is 204 Å². The van der Waals surface area contributed by atoms with Crippen LogP contribution in [0.3, 0.4) is 0 Å². The SMILES string of the molecule is CN1CCc2nc(SCC(=O)Nc3ccc(Br)cc3)c(C#N)c(-c3ccc(Cl)cc3)c2C1. The summed E-state index contributed by atoms with van der Waals surface area (Å²) in [6.07, 6.45) is 0.802. The lowest BCUT2D eigenvalue weighted by Gasteiger charge is -2.28. The van der Waals surface area contributed by atoms with Gasteiger partial charge in [0.15, 0.2) is 0 Å². The van der Waals surface area contributed by atoms with E-state index in [0.717, 1.165) is 52.1 Å². The van der Waals surface area contributed by atoms with Crippen molar-refractivity contribution >= 4 is 50.9 Å². The number of fused-ring (bicyclic) bond motifs is 1. The van der Waals surface area contributed by atoms with Crippen molar-refractivity contribution in [3.63, 3.8) is 0 Å². The lowest BCUT2D eigenvalue weighted by atomic mass is 9.92. The number of nitrogens with one attached hydrogen (secondary N) is 1. The molecule has 8 heteroatoms. The van der Waals surface area contributed by atoms with Gasteiger partial charge in [-0.1, -0.05) is 51.4 Å². The second kappa shape index (κ2) is 10.1. The van der Waals surface area contributed by atoms with E-state index >= 15 is 0 Å². The molecule has 2 aromatic carbocycles. The van der Waals surface area contributed by atoms with Gasteiger partial charge >= 0.3 is 0 Å². The van der Waals surface area contributed by atoms with E-state index in [2.05, 4.69) is 39.3 Å². The Balaban J connectivity index is 1.65. The standard InChI is InChI=1S/C24H20BrClN4OS/c1-30-11-10-21-20(13-30)23(15-2-6-17(26)7-3-15)19(12-27)24(29-21)32-14-22(31)28-18-8-4-16(25)5-9-18/h2-9H,10-11,13-14H2,1H3,(H,28,31). The van der Waals surface area contributed by atoms with Crippen molar-refractivity contribution in [2.24, 2.45) is 0 Å². The van der Waals surface area contributed by atoms with E-state index < -0.39 is 0 Å². The lowest BCUT2D eigenvalue weighted by Crippen LogP contribution is -2.28. The monoisotopic (exact) mass is 526 g/mol. The Morgan fingerprint density at radius 3 is 2.66 bits per heavy atom. The predicted octanol–water partition coefficient (Wildman–Crippen LogP) is 5.75. The van der Waals surface area contributed by atoms with E-state index in [1.54, 1.807) is 0 Å². The number of aromatic nitrogens is 1. The summed E-state index contributed by atoms with van der Waals surface area (Å²) in [7, 11) is 2.07. The number of nitrogens with zero attached hydrogens (tertiary/aromatic N) is 3. The van der Waals surface area contributed by atoms with Gasteiger partial charge in [-0.05, 0) is 54.6 Å². The van der Waals surface area contributed by atoms with Crippen LogP contribution in [0.4, 0.5) is 5.69 Å². The summed E-state index contributed by atoms with van der Waals surface area (Å²) in [4.78, 5) is 19.6. The Hall–Kier alpha value is -2.37. The Kier molecular flexibility index (Phi) is 7.17. The van der Waals surface area contributed by atoms with Crippen molar-refractivity contribution in [2.45, 2.75) is 18.0 Å². The normalized spacial score (nSPS) is 13.3. The van der Waals surface area contributed by atoms with Crippen LogP contribution in [0, 0.1) is 11.3 Å². The number of hydrogen-bond acceptors (Lipinski definition) is 5. The highest BCUT2D eigenvalue weighted by molar-refractivity contribution is 9.10. The number of benzene rings is 2. The number of hydrogen-bond donors (Lipinski definition) is 1. The number of rotatable bonds is 5. The van der Waals surface area contributed by atoms with Gasteiger partial charge in [0.05, 0.1) is 11.3 Å². The molecular formula is C24H20BrClN4OS. The topological polar surface area (TPSA) is 69.0 Å². The number of anilines is 1. The number of likely N-dealkylation sites (N-methyl/N-ethyl adjacent to an activating group) is 1. The first kappa shape index (κ1) is 22.8. The average molecular weight is 528 g/mol. The molecular weight excluding hydrogens is 508 g/mol. The summed E-state index contributed by atoms with van der Waals surface area (Å²) in [5.41, 5.74) is 5.10. The highest BCUT2D eigenvalue weighted by Crippen LogP contribution is 2.37. The second-order valence-electron chi connectivity index (χ2n) is 7.54. The first-order chi connectivity index (χ1) is 15.4. The van der Waals surface area contributed by atoms with Crippen molar-refractivity contribution in [3.05, 3.63) is 74.8 Å². The van der Waals surface area contributed by atoms with Gasteiger partial charge < -0.3 is 10.2 Å². The third-order valence-corrected chi connectivity index (χ3v) is 6.98. The molecule has 1 amide bonds. The maximum Gasteiger partial charge on any atom is 0.234 e. The smallest absolute Gasteiger partial charge is 0.234 e. The van der Waals surface area contributed by atoms with Crippen molar-refractivity contribution in [2.75, 3.05) is 24.7 Å². The maximum absolute atomic E-state index is 12.5. The van der Waals surface area contributed by atoms with E-state index in [1.165, 1.54) is 11.8 Å². The van der Waals surface area contributed by atoms with E-state index in [0.29, 0.717) is 15.6 Å². The number of thioether (sulfide) groups is 1. The molecule has 0 bridgehead atoms. The Morgan fingerprint density at radius 2 is 1.97 bits per heavy atom. The maximum atomic E-state index is 12.5. The molecule has 0 spiro atoms. The molecule has 5 nitrogen and oxygen atoms in total. The summed E-state index contributed by atoms with van der Waals surface area (Å²) >= 11 is 10.8. The summed E-state index contributed by atoms with van der Waals surface area (Å²) < 4.78 is 0.946. The third kappa shape index (κ3) is 5.16. The molecule has 1 aliphatic heterocycles. The molecule has 0 saturated heterocycles. The van der Waals surface area contributed by atoms with Gasteiger partial charge in [-0.2, -0.15) is 5.26 Å². The van der Waals surface area contributed by atoms with Gasteiger partial charge in [-0.15, -0.1) is 0 Å². The molecule has 162 valence electrons. The zero-order chi connectivity index (χ0) is 22.7. The molecule has 0 unspecified atom stereocenters. The first-order valence-corrected chi connectivity index (χ1v) is 12.2. The van der Waals surface area contributed by atoms with Crippen LogP contribution in [-0.4, -0.2) is 35.1 Å². The molecule has 0 saturated carbocycles. The zero-order valence-corrected chi connectivity index (χ0v) is 20.5. The quantitative estimate of drug-likeness (QED) is 0.428. The molecule has 0 aliphatic carbocycles. The largest absolute Gasteiger partial charge is 0.325 e. The van der Waals surface area contributed by atoms with Gasteiger partial charge in [0.1, 0.15) is 11.1 Å². The van der Waals surface area contributed by atoms with Gasteiger partial charge in [-0.25, -0.2) is 4.98 Å². The highest BCUT2D eigenvalue weighted by Gasteiger charge is 2.25. The van der Waals surface area contributed by atoms with Crippen molar-refractivity contribution in [1.82, 2.24) is 9.88 Å². The molecule has 3 aromatic rings. The molecule has 1 aromatic heterocycles. The number of amides is 1. The van der Waals surface area contributed by atoms with Crippen LogP contribution >= 0.6 is 39.3 Å². The number of halogens is 2. The van der Waals surface area contributed by atoms with E-state index in [9.17, 15) is 10.1 Å². The van der Waals surface area contributed by atoms with Crippen LogP contribution in [0.5, 0.6) is 0 Å². The van der Waals surface area contributed by atoms with Gasteiger partial charge in [0, 0.05) is 46.0 Å². The first-order valence-electron chi connectivity index (χ1n) is 10.0. The number of carbonyl (C=O) groups is 1. The number of nitriles is 1. The fourth-order valence-corrected chi connectivity index (χ4v) is 4.88. The van der Waals surface area contributed by atoms with Crippen LogP contribution in [0.2, 0.25) is 5.02 Å². The van der Waals surface area contributed by atoms with Crippen LogP contribution in [0.25, 0.3) is 11.1 Å². The van der Waals surface area contributed by atoms with Gasteiger partial charge in [0.25, 0.3) is 0 Å². The van der Waals surface area contributed by atoms with Crippen LogP contribution < -0.4 is 5.32 Å². The number of pyridine rings is 1. The second-order valence-corrected chi connectivity index (χ2v) is 9.86. The van der Waals surface area contributed by atoms with Gasteiger partial charge in [0.2, 0.25) is 5.91 Å². The molecule has 4 rings (SSSR count). The minimum atomic E-state index is -0.145. The number of carbonyl (C=O) groups excluding carboxylic acids is 1. The Morgan fingerprint density at radius 1 is 1.25 bits per heavy atom. The average Bonchev–Trinajstić information content (AvgIpc) is 2.79.